The van der Waals surface area contributed by atoms with Gasteiger partial charge in [-0.3, -0.25) is 10.1 Å². The summed E-state index contributed by atoms with van der Waals surface area (Å²) in [5.41, 5.74) is 2.35. The lowest BCUT2D eigenvalue weighted by molar-refractivity contribution is 0.0751. The number of methoxy groups -OCH3 is 1. The number of hydrogen-bond acceptors (Lipinski definition) is 5. The Morgan fingerprint density at radius 3 is 2.76 bits per heavy atom. The first-order valence-electron chi connectivity index (χ1n) is 9.32. The summed E-state index contributed by atoms with van der Waals surface area (Å²) in [7, 11) is 1.59. The molecule has 1 heterocycles. The lowest BCUT2D eigenvalue weighted by Gasteiger charge is -2.24. The van der Waals surface area contributed by atoms with Gasteiger partial charge in [0.15, 0.2) is 11.5 Å². The zero-order chi connectivity index (χ0) is 20.8. The number of rotatable bonds is 6. The number of carbonyl (C=O) groups is 2. The maximum atomic E-state index is 12.9. The van der Waals surface area contributed by atoms with Crippen LogP contribution in [0.25, 0.3) is 0 Å². The Kier molecular flexibility index (Phi) is 6.33. The summed E-state index contributed by atoms with van der Waals surface area (Å²) in [5.74, 6) is 0.989. The molecule has 1 aliphatic heterocycles. The molecule has 0 atom stereocenters. The van der Waals surface area contributed by atoms with Crippen molar-refractivity contribution in [2.24, 2.45) is 5.10 Å². The molecule has 0 aromatic heterocycles. The van der Waals surface area contributed by atoms with E-state index in [9.17, 15) is 9.59 Å². The van der Waals surface area contributed by atoms with E-state index in [2.05, 4.69) is 10.4 Å². The van der Waals surface area contributed by atoms with Gasteiger partial charge >= 0.3 is 6.09 Å². The van der Waals surface area contributed by atoms with E-state index < -0.39 is 6.09 Å². The minimum atomic E-state index is -1.18. The summed E-state index contributed by atoms with van der Waals surface area (Å²) in [6, 6.07) is 11.9. The van der Waals surface area contributed by atoms with Crippen LogP contribution in [0, 0.1) is 0 Å². The van der Waals surface area contributed by atoms with Gasteiger partial charge in [0.25, 0.3) is 5.91 Å². The van der Waals surface area contributed by atoms with Gasteiger partial charge in [0.2, 0.25) is 0 Å². The maximum absolute atomic E-state index is 12.9. The molecule has 0 aliphatic carbocycles. The highest BCUT2D eigenvalue weighted by Gasteiger charge is 2.22. The predicted molar refractivity (Wildman–Crippen MR) is 109 cm³/mol. The zero-order valence-corrected chi connectivity index (χ0v) is 16.3. The van der Waals surface area contributed by atoms with Gasteiger partial charge < -0.3 is 14.6 Å². The Morgan fingerprint density at radius 2 is 2.03 bits per heavy atom. The molecule has 2 aromatic carbocycles. The molecule has 2 N–H and O–H groups in total. The lowest BCUT2D eigenvalue weighted by Crippen LogP contribution is -2.32. The highest BCUT2D eigenvalue weighted by molar-refractivity contribution is 6.03. The molecule has 0 fully saturated rings. The van der Waals surface area contributed by atoms with Crippen molar-refractivity contribution in [3.8, 4) is 11.5 Å². The Bertz CT molecular complexity index is 942. The standard InChI is InChI=1S/C21H23N3O5/c1-3-29-19-13-14(9-10-18(19)28-2)17-8-5-11-24(23-17)20(25)15-6-4-7-16(12-15)22-21(26)27/h4,6-7,9-10,12-13,22H,3,5,8,11H2,1-2H3,(H,26,27). The van der Waals surface area contributed by atoms with Crippen LogP contribution < -0.4 is 14.8 Å². The van der Waals surface area contributed by atoms with Crippen LogP contribution in [0.5, 0.6) is 11.5 Å². The van der Waals surface area contributed by atoms with E-state index in [0.29, 0.717) is 35.9 Å². The van der Waals surface area contributed by atoms with E-state index in [0.717, 1.165) is 24.1 Å². The minimum absolute atomic E-state index is 0.283. The number of carboxylic acid groups (broad SMARTS) is 1. The molecule has 0 unspecified atom stereocenters. The van der Waals surface area contributed by atoms with Crippen LogP contribution in [-0.4, -0.2) is 48.1 Å². The normalized spacial score (nSPS) is 13.4. The van der Waals surface area contributed by atoms with Crippen molar-refractivity contribution in [1.29, 1.82) is 0 Å². The smallest absolute Gasteiger partial charge is 0.409 e. The highest BCUT2D eigenvalue weighted by atomic mass is 16.5. The van der Waals surface area contributed by atoms with E-state index in [1.165, 1.54) is 11.1 Å². The monoisotopic (exact) mass is 397 g/mol. The third-order valence-corrected chi connectivity index (χ3v) is 4.42. The largest absolute Gasteiger partial charge is 0.493 e. The second-order valence-corrected chi connectivity index (χ2v) is 6.39. The quantitative estimate of drug-likeness (QED) is 0.772. The predicted octanol–water partition coefficient (Wildman–Crippen LogP) is 3.82. The molecule has 0 saturated heterocycles. The van der Waals surface area contributed by atoms with Crippen LogP contribution in [0.3, 0.4) is 0 Å². The van der Waals surface area contributed by atoms with Crippen LogP contribution >= 0.6 is 0 Å². The summed E-state index contributed by atoms with van der Waals surface area (Å²) in [5, 5.41) is 17.1. The number of carbonyl (C=O) groups excluding carboxylic acids is 1. The van der Waals surface area contributed by atoms with Gasteiger partial charge in [-0.15, -0.1) is 0 Å². The second-order valence-electron chi connectivity index (χ2n) is 6.39. The number of nitrogens with zero attached hydrogens (tertiary/aromatic N) is 2. The van der Waals surface area contributed by atoms with E-state index in [4.69, 9.17) is 14.6 Å². The Hall–Kier alpha value is -3.55. The molecule has 1 aliphatic rings. The van der Waals surface area contributed by atoms with Gasteiger partial charge in [-0.25, -0.2) is 9.80 Å². The fourth-order valence-electron chi connectivity index (χ4n) is 3.12. The molecule has 8 nitrogen and oxygen atoms in total. The molecular formula is C21H23N3O5. The van der Waals surface area contributed by atoms with Crippen molar-refractivity contribution in [3.63, 3.8) is 0 Å². The number of nitrogens with one attached hydrogen (secondary N) is 1. The fraction of sp³-hybridized carbons (Fsp3) is 0.286. The van der Waals surface area contributed by atoms with Crippen molar-refractivity contribution in [3.05, 3.63) is 53.6 Å². The molecule has 0 radical (unpaired) electrons. The Balaban J connectivity index is 1.85. The topological polar surface area (TPSA) is 100 Å². The summed E-state index contributed by atoms with van der Waals surface area (Å²) in [6.45, 7) is 2.91. The van der Waals surface area contributed by atoms with Crippen LogP contribution in [0.1, 0.15) is 35.7 Å². The van der Waals surface area contributed by atoms with E-state index in [1.807, 2.05) is 25.1 Å². The van der Waals surface area contributed by atoms with E-state index in [1.54, 1.807) is 25.3 Å². The molecule has 0 spiro atoms. The van der Waals surface area contributed by atoms with E-state index >= 15 is 0 Å². The molecule has 2 amide bonds. The third kappa shape index (κ3) is 4.84. The van der Waals surface area contributed by atoms with E-state index in [-0.39, 0.29) is 5.91 Å². The van der Waals surface area contributed by atoms with Crippen molar-refractivity contribution in [2.45, 2.75) is 19.8 Å². The average Bonchev–Trinajstić information content (AvgIpc) is 2.73. The second kappa shape index (κ2) is 9.09. The first-order valence-corrected chi connectivity index (χ1v) is 9.32. The molecule has 3 rings (SSSR count). The van der Waals surface area contributed by atoms with Gasteiger partial charge in [-0.1, -0.05) is 6.07 Å². The molecule has 29 heavy (non-hydrogen) atoms. The Labute approximate surface area is 168 Å². The SMILES string of the molecule is CCOc1cc(C2=NN(C(=O)c3cccc(NC(=O)O)c3)CCC2)ccc1OC. The van der Waals surface area contributed by atoms with Crippen molar-refractivity contribution < 1.29 is 24.2 Å². The van der Waals surface area contributed by atoms with Crippen LogP contribution in [0.2, 0.25) is 0 Å². The zero-order valence-electron chi connectivity index (χ0n) is 16.3. The molecule has 2 aromatic rings. The third-order valence-electron chi connectivity index (χ3n) is 4.42. The van der Waals surface area contributed by atoms with Gasteiger partial charge in [0, 0.05) is 23.4 Å². The lowest BCUT2D eigenvalue weighted by atomic mass is 10.0. The van der Waals surface area contributed by atoms with Crippen LogP contribution in [0.15, 0.2) is 47.6 Å². The average molecular weight is 397 g/mol. The van der Waals surface area contributed by atoms with Crippen molar-refractivity contribution in [1.82, 2.24) is 5.01 Å². The summed E-state index contributed by atoms with van der Waals surface area (Å²) < 4.78 is 11.0. The molecule has 0 saturated carbocycles. The van der Waals surface area contributed by atoms with Crippen molar-refractivity contribution in [2.75, 3.05) is 25.6 Å². The molecular weight excluding hydrogens is 374 g/mol. The maximum Gasteiger partial charge on any atom is 0.409 e. The highest BCUT2D eigenvalue weighted by Crippen LogP contribution is 2.29. The summed E-state index contributed by atoms with van der Waals surface area (Å²) in [4.78, 5) is 23.7. The number of benzene rings is 2. The molecule has 8 heteroatoms. The number of hydrogen-bond donors (Lipinski definition) is 2. The first-order chi connectivity index (χ1) is 14.0. The number of amides is 2. The van der Waals surface area contributed by atoms with Crippen LogP contribution in [-0.2, 0) is 0 Å². The number of anilines is 1. The summed E-state index contributed by atoms with van der Waals surface area (Å²) in [6.07, 6.45) is 0.327. The molecule has 152 valence electrons. The fourth-order valence-corrected chi connectivity index (χ4v) is 3.12. The minimum Gasteiger partial charge on any atom is -0.493 e. The number of hydrazone groups is 1. The summed E-state index contributed by atoms with van der Waals surface area (Å²) >= 11 is 0. The van der Waals surface area contributed by atoms with Crippen LogP contribution in [0.4, 0.5) is 10.5 Å². The van der Waals surface area contributed by atoms with Crippen molar-refractivity contribution >= 4 is 23.4 Å². The molecule has 0 bridgehead atoms. The Morgan fingerprint density at radius 1 is 1.21 bits per heavy atom. The van der Waals surface area contributed by atoms with Gasteiger partial charge in [0.05, 0.1) is 19.4 Å². The first kappa shape index (κ1) is 20.2. The van der Waals surface area contributed by atoms with Gasteiger partial charge in [0.1, 0.15) is 0 Å². The number of ether oxygens (including phenoxy) is 2. The van der Waals surface area contributed by atoms with Gasteiger partial charge in [-0.2, -0.15) is 5.10 Å². The van der Waals surface area contributed by atoms with Gasteiger partial charge in [-0.05, 0) is 56.2 Å².